The number of hydrogen-bond donors (Lipinski definition) is 4. The van der Waals surface area contributed by atoms with Gasteiger partial charge in [-0.15, -0.1) is 0 Å². The van der Waals surface area contributed by atoms with E-state index in [1.807, 2.05) is 0 Å². The number of phosphoric ester groups is 1. The van der Waals surface area contributed by atoms with Crippen molar-refractivity contribution in [3.63, 3.8) is 0 Å². The van der Waals surface area contributed by atoms with Crippen molar-refractivity contribution >= 4 is 25.7 Å². The number of carbonyl (C=O) groups is 3. The number of hydrogen-bond acceptors (Lipinski definition) is 8. The monoisotopic (exact) mass is 976 g/mol. The molecule has 0 bridgehead atoms. The predicted molar refractivity (Wildman–Crippen MR) is 281 cm³/mol. The van der Waals surface area contributed by atoms with Crippen LogP contribution >= 0.6 is 7.82 Å². The van der Waals surface area contributed by atoms with E-state index in [-0.39, 0.29) is 12.8 Å². The Hall–Kier alpha value is -3.08. The van der Waals surface area contributed by atoms with Crippen LogP contribution in [-0.2, 0) is 32.7 Å². The number of carbonyl (C=O) groups excluding carboxylic acids is 2. The smallest absolute Gasteiger partial charge is 0.472 e. The van der Waals surface area contributed by atoms with Crippen LogP contribution in [0.1, 0.15) is 232 Å². The standard InChI is InChI=1S/C56H98NO10P/c1-3-5-7-9-11-13-15-17-19-21-23-25-26-28-29-31-33-35-37-39-41-43-45-47-54(59)57-53(56(61)62)51-67-68(63,64)66-50-52(58)49-65-55(60)48-46-44-42-40-38-36-34-32-30-27-24-22-20-18-16-14-12-10-8-6-4-2/h6,8,12,14,17-20,24,27,32,34,52-53,58H,3-5,7,9-11,13,15-16,21-23,25-26,28-31,33,35-51H2,1-2H3,(H,57,59)(H,61,62)(H,63,64)/b8-6-,14-12-,19-17+,20-18-,27-24-,34-32-. The molecule has 68 heavy (non-hydrogen) atoms. The number of ether oxygens (including phenoxy) is 1. The van der Waals surface area contributed by atoms with Gasteiger partial charge in [0.1, 0.15) is 12.7 Å². The van der Waals surface area contributed by atoms with Crippen LogP contribution in [0.25, 0.3) is 0 Å². The molecule has 11 nitrogen and oxygen atoms in total. The molecule has 0 fully saturated rings. The third-order valence-corrected chi connectivity index (χ3v) is 12.4. The SMILES string of the molecule is CC/C=C\C/C=C\C/C=C\C/C=C\C/C=C\CCCCCCCC(=O)OCC(O)COP(=O)(O)OCC(NC(=O)CCCCCCCCCCCCCCC/C=C/CCCCCCCC)C(=O)O. The van der Waals surface area contributed by atoms with Crippen LogP contribution in [0.3, 0.4) is 0 Å². The number of unbranched alkanes of at least 4 members (excludes halogenated alkanes) is 24. The minimum Gasteiger partial charge on any atom is -0.480 e. The van der Waals surface area contributed by atoms with Crippen LogP contribution < -0.4 is 5.32 Å². The highest BCUT2D eigenvalue weighted by Gasteiger charge is 2.28. The number of aliphatic hydroxyl groups is 1. The zero-order chi connectivity index (χ0) is 49.9. The number of amides is 1. The Labute approximate surface area is 414 Å². The van der Waals surface area contributed by atoms with E-state index in [1.54, 1.807) is 0 Å². The summed E-state index contributed by atoms with van der Waals surface area (Å²) in [6.45, 7) is 2.49. The van der Waals surface area contributed by atoms with Gasteiger partial charge >= 0.3 is 19.8 Å². The molecule has 0 saturated carbocycles. The maximum Gasteiger partial charge on any atom is 0.472 e. The van der Waals surface area contributed by atoms with Crippen LogP contribution in [0.15, 0.2) is 72.9 Å². The van der Waals surface area contributed by atoms with Gasteiger partial charge in [0.2, 0.25) is 5.91 Å². The summed E-state index contributed by atoms with van der Waals surface area (Å²) in [4.78, 5) is 46.2. The van der Waals surface area contributed by atoms with E-state index in [1.165, 1.54) is 109 Å². The van der Waals surface area contributed by atoms with Crippen molar-refractivity contribution in [1.82, 2.24) is 5.32 Å². The van der Waals surface area contributed by atoms with E-state index >= 15 is 0 Å². The minimum atomic E-state index is -4.77. The first-order chi connectivity index (χ1) is 33.1. The number of allylic oxidation sites excluding steroid dienone is 12. The van der Waals surface area contributed by atoms with Gasteiger partial charge in [-0.05, 0) is 83.5 Å². The Morgan fingerprint density at radius 2 is 0.853 bits per heavy atom. The van der Waals surface area contributed by atoms with Gasteiger partial charge in [0.15, 0.2) is 6.04 Å². The molecule has 0 aliphatic carbocycles. The number of esters is 1. The quantitative estimate of drug-likeness (QED) is 0.0199. The molecule has 0 aromatic heterocycles. The average Bonchev–Trinajstić information content (AvgIpc) is 3.32. The molecule has 0 radical (unpaired) electrons. The molecule has 1 amide bonds. The summed E-state index contributed by atoms with van der Waals surface area (Å²) < 4.78 is 27.0. The molecule has 0 saturated heterocycles. The Morgan fingerprint density at radius 1 is 0.485 bits per heavy atom. The lowest BCUT2D eigenvalue weighted by molar-refractivity contribution is -0.147. The van der Waals surface area contributed by atoms with E-state index in [0.717, 1.165) is 83.5 Å². The van der Waals surface area contributed by atoms with Crippen LogP contribution in [0.5, 0.6) is 0 Å². The van der Waals surface area contributed by atoms with Crippen LogP contribution in [0.2, 0.25) is 0 Å². The second-order valence-electron chi connectivity index (χ2n) is 18.0. The van der Waals surface area contributed by atoms with Crippen molar-refractivity contribution in [2.75, 3.05) is 19.8 Å². The molecule has 0 rings (SSSR count). The second-order valence-corrected chi connectivity index (χ2v) is 19.5. The van der Waals surface area contributed by atoms with E-state index in [9.17, 15) is 34.1 Å². The van der Waals surface area contributed by atoms with Gasteiger partial charge in [-0.2, -0.15) is 0 Å². The van der Waals surface area contributed by atoms with Crippen molar-refractivity contribution in [3.8, 4) is 0 Å². The zero-order valence-corrected chi connectivity index (χ0v) is 43.8. The second kappa shape index (κ2) is 50.3. The molecule has 3 atom stereocenters. The summed E-state index contributed by atoms with van der Waals surface area (Å²) >= 11 is 0. The third kappa shape index (κ3) is 49.3. The minimum absolute atomic E-state index is 0.143. The predicted octanol–water partition coefficient (Wildman–Crippen LogP) is 15.2. The van der Waals surface area contributed by atoms with Crippen LogP contribution in [-0.4, -0.2) is 64.9 Å². The van der Waals surface area contributed by atoms with E-state index in [4.69, 9.17) is 13.8 Å². The lowest BCUT2D eigenvalue weighted by Gasteiger charge is -2.18. The van der Waals surface area contributed by atoms with Crippen molar-refractivity contribution in [3.05, 3.63) is 72.9 Å². The molecule has 3 unspecified atom stereocenters. The Morgan fingerprint density at radius 3 is 1.29 bits per heavy atom. The molecular weight excluding hydrogens is 878 g/mol. The van der Waals surface area contributed by atoms with Gasteiger partial charge in [0.05, 0.1) is 13.2 Å². The lowest BCUT2D eigenvalue weighted by Crippen LogP contribution is -2.43. The van der Waals surface area contributed by atoms with Crippen molar-refractivity contribution in [1.29, 1.82) is 0 Å². The molecule has 0 spiro atoms. The topological polar surface area (TPSA) is 169 Å². The Balaban J connectivity index is 3.84. The lowest BCUT2D eigenvalue weighted by atomic mass is 10.0. The largest absolute Gasteiger partial charge is 0.480 e. The molecular formula is C56H98NO10P. The number of aliphatic carboxylic acids is 1. The average molecular weight is 976 g/mol. The summed E-state index contributed by atoms with van der Waals surface area (Å²) in [6, 6.07) is -1.55. The fraction of sp³-hybridized carbons (Fsp3) is 0.732. The number of carboxylic acid groups (broad SMARTS) is 1. The fourth-order valence-corrected chi connectivity index (χ4v) is 8.11. The molecule has 0 heterocycles. The summed E-state index contributed by atoms with van der Waals surface area (Å²) in [6.07, 6.45) is 62.1. The molecule has 0 aromatic rings. The first kappa shape index (κ1) is 64.9. The number of aliphatic hydroxyl groups excluding tert-OH is 1. The number of carboxylic acids is 1. The highest BCUT2D eigenvalue weighted by Crippen LogP contribution is 2.43. The van der Waals surface area contributed by atoms with Crippen LogP contribution in [0.4, 0.5) is 0 Å². The first-order valence-corrected chi connectivity index (χ1v) is 28.5. The van der Waals surface area contributed by atoms with Crippen molar-refractivity contribution in [2.45, 2.75) is 244 Å². The van der Waals surface area contributed by atoms with Crippen molar-refractivity contribution in [2.24, 2.45) is 0 Å². The summed E-state index contributed by atoms with van der Waals surface area (Å²) in [5.41, 5.74) is 0. The summed E-state index contributed by atoms with van der Waals surface area (Å²) in [7, 11) is -4.77. The molecule has 4 N–H and O–H groups in total. The normalized spacial score (nSPS) is 14.1. The number of phosphoric acid groups is 1. The maximum atomic E-state index is 12.4. The van der Waals surface area contributed by atoms with E-state index in [2.05, 4.69) is 92.1 Å². The summed E-state index contributed by atoms with van der Waals surface area (Å²) in [5, 5.41) is 22.0. The van der Waals surface area contributed by atoms with Gasteiger partial charge in [0.25, 0.3) is 0 Å². The zero-order valence-electron chi connectivity index (χ0n) is 42.9. The molecule has 12 heteroatoms. The van der Waals surface area contributed by atoms with Gasteiger partial charge < -0.3 is 25.2 Å². The van der Waals surface area contributed by atoms with Gasteiger partial charge in [-0.3, -0.25) is 18.6 Å². The molecule has 0 aromatic carbocycles. The highest BCUT2D eigenvalue weighted by molar-refractivity contribution is 7.47. The highest BCUT2D eigenvalue weighted by atomic mass is 31.2. The van der Waals surface area contributed by atoms with Crippen molar-refractivity contribution < 1.29 is 47.8 Å². The van der Waals surface area contributed by atoms with Gasteiger partial charge in [0, 0.05) is 12.8 Å². The van der Waals surface area contributed by atoms with E-state index < -0.39 is 57.6 Å². The molecule has 392 valence electrons. The first-order valence-electron chi connectivity index (χ1n) is 27.0. The molecule has 0 aliphatic rings. The summed E-state index contributed by atoms with van der Waals surface area (Å²) in [5.74, 6) is -2.39. The van der Waals surface area contributed by atoms with E-state index in [0.29, 0.717) is 12.8 Å². The fourth-order valence-electron chi connectivity index (χ4n) is 7.34. The Kier molecular flexibility index (Phi) is 48.0. The van der Waals surface area contributed by atoms with Gasteiger partial charge in [-0.1, -0.05) is 209 Å². The number of nitrogens with one attached hydrogen (secondary N) is 1. The maximum absolute atomic E-state index is 12.4. The Bertz CT molecular complexity index is 1420. The number of rotatable bonds is 50. The van der Waals surface area contributed by atoms with Crippen LogP contribution in [0, 0.1) is 0 Å². The van der Waals surface area contributed by atoms with Gasteiger partial charge in [-0.25, -0.2) is 9.36 Å². The molecule has 0 aliphatic heterocycles. The third-order valence-electron chi connectivity index (χ3n) is 11.5.